The Morgan fingerprint density at radius 2 is 2.16 bits per heavy atom. The molecule has 0 atom stereocenters. The maximum atomic E-state index is 9.09. The van der Waals surface area contributed by atoms with E-state index in [9.17, 15) is 0 Å². The van der Waals surface area contributed by atoms with Crippen LogP contribution < -0.4 is 11.1 Å². The Labute approximate surface area is 121 Å². The van der Waals surface area contributed by atoms with Crippen molar-refractivity contribution in [2.75, 3.05) is 17.7 Å². The van der Waals surface area contributed by atoms with Crippen LogP contribution in [0.4, 0.5) is 11.4 Å². The molecule has 0 radical (unpaired) electrons. The van der Waals surface area contributed by atoms with Crippen LogP contribution in [0.3, 0.4) is 0 Å². The average Bonchev–Trinajstić information content (AvgIpc) is 2.33. The van der Waals surface area contributed by atoms with Gasteiger partial charge in [0.15, 0.2) is 0 Å². The van der Waals surface area contributed by atoms with E-state index >= 15 is 0 Å². The van der Waals surface area contributed by atoms with Crippen LogP contribution >= 0.6 is 15.9 Å². The van der Waals surface area contributed by atoms with E-state index < -0.39 is 0 Å². The Kier molecular flexibility index (Phi) is 3.96. The van der Waals surface area contributed by atoms with E-state index in [1.165, 1.54) is 0 Å². The number of rotatable bonds is 4. The van der Waals surface area contributed by atoms with Gasteiger partial charge in [0.25, 0.3) is 0 Å². The average molecular weight is 324 g/mol. The van der Waals surface area contributed by atoms with Crippen LogP contribution in [0.2, 0.25) is 0 Å². The molecule has 0 aliphatic heterocycles. The van der Waals surface area contributed by atoms with E-state index in [2.05, 4.69) is 26.2 Å². The molecule has 4 N–H and O–H groups in total. The number of aromatic nitrogens is 1. The predicted octanol–water partition coefficient (Wildman–Crippen LogP) is 3.15. The molecular formula is C14H18BrN3O. The van der Waals surface area contributed by atoms with Crippen molar-refractivity contribution in [3.63, 3.8) is 0 Å². The number of benzene rings is 1. The zero-order valence-electron chi connectivity index (χ0n) is 11.1. The first-order valence-electron chi connectivity index (χ1n) is 6.16. The molecule has 4 nitrogen and oxygen atoms in total. The highest BCUT2D eigenvalue weighted by atomic mass is 79.9. The van der Waals surface area contributed by atoms with Gasteiger partial charge in [-0.3, -0.25) is 4.98 Å². The lowest BCUT2D eigenvalue weighted by Gasteiger charge is -2.27. The number of anilines is 2. The number of nitrogens with one attached hydrogen (secondary N) is 1. The van der Waals surface area contributed by atoms with Crippen molar-refractivity contribution in [2.45, 2.75) is 25.8 Å². The fourth-order valence-electron chi connectivity index (χ4n) is 2.02. The van der Waals surface area contributed by atoms with E-state index in [1.54, 1.807) is 6.20 Å². The van der Waals surface area contributed by atoms with Gasteiger partial charge in [0.2, 0.25) is 0 Å². The van der Waals surface area contributed by atoms with Crippen LogP contribution in [0.1, 0.15) is 20.3 Å². The van der Waals surface area contributed by atoms with E-state index in [4.69, 9.17) is 10.8 Å². The molecular weight excluding hydrogens is 306 g/mol. The molecule has 0 saturated heterocycles. The largest absolute Gasteiger partial charge is 0.398 e. The summed E-state index contributed by atoms with van der Waals surface area (Å²) in [5.74, 6) is 0. The predicted molar refractivity (Wildman–Crippen MR) is 83.3 cm³/mol. The van der Waals surface area contributed by atoms with Crippen LogP contribution in [-0.4, -0.2) is 22.2 Å². The van der Waals surface area contributed by atoms with Crippen LogP contribution in [0.5, 0.6) is 0 Å². The number of aliphatic hydroxyl groups is 1. The third-order valence-electron chi connectivity index (χ3n) is 3.06. The zero-order valence-corrected chi connectivity index (χ0v) is 12.7. The smallest absolute Gasteiger partial charge is 0.0954 e. The molecule has 1 heterocycles. The number of aliphatic hydroxyl groups excluding tert-OH is 1. The van der Waals surface area contributed by atoms with Gasteiger partial charge in [-0.1, -0.05) is 0 Å². The summed E-state index contributed by atoms with van der Waals surface area (Å²) in [5.41, 5.74) is 8.26. The van der Waals surface area contributed by atoms with Gasteiger partial charge in [-0.15, -0.1) is 0 Å². The molecule has 19 heavy (non-hydrogen) atoms. The molecule has 0 fully saturated rings. The fraction of sp³-hybridized carbons (Fsp3) is 0.357. The van der Waals surface area contributed by atoms with Gasteiger partial charge < -0.3 is 16.2 Å². The maximum absolute atomic E-state index is 9.09. The standard InChI is InChI=1S/C14H18BrN3O/c1-14(2,5-6-19)18-12-4-3-11(16)10-7-9(15)8-17-13(10)12/h3-4,7-8,18-19H,5-6,16H2,1-2H3. The second-order valence-electron chi connectivity index (χ2n) is 5.23. The highest BCUT2D eigenvalue weighted by Crippen LogP contribution is 2.30. The molecule has 2 aromatic rings. The molecule has 0 bridgehead atoms. The van der Waals surface area contributed by atoms with Gasteiger partial charge in [-0.2, -0.15) is 0 Å². The van der Waals surface area contributed by atoms with Crippen molar-refractivity contribution in [1.29, 1.82) is 0 Å². The van der Waals surface area contributed by atoms with Gasteiger partial charge in [0.05, 0.1) is 11.2 Å². The fourth-order valence-corrected chi connectivity index (χ4v) is 2.35. The van der Waals surface area contributed by atoms with Gasteiger partial charge in [0.1, 0.15) is 0 Å². The lowest BCUT2D eigenvalue weighted by molar-refractivity contribution is 0.261. The lowest BCUT2D eigenvalue weighted by Crippen LogP contribution is -2.32. The topological polar surface area (TPSA) is 71.2 Å². The Bertz CT molecular complexity index is 599. The van der Waals surface area contributed by atoms with Crippen LogP contribution in [0.25, 0.3) is 10.9 Å². The number of pyridine rings is 1. The van der Waals surface area contributed by atoms with Gasteiger partial charge >= 0.3 is 0 Å². The molecule has 5 heteroatoms. The molecule has 102 valence electrons. The summed E-state index contributed by atoms with van der Waals surface area (Å²) in [7, 11) is 0. The molecule has 0 spiro atoms. The Balaban J connectivity index is 2.47. The number of hydrogen-bond donors (Lipinski definition) is 3. The first kappa shape index (κ1) is 14.1. The SMILES string of the molecule is CC(C)(CCO)Nc1ccc(N)c2cc(Br)cnc12. The summed E-state index contributed by atoms with van der Waals surface area (Å²) in [6.07, 6.45) is 2.42. The number of nitrogens with zero attached hydrogens (tertiary/aromatic N) is 1. The highest BCUT2D eigenvalue weighted by Gasteiger charge is 2.18. The molecule has 0 unspecified atom stereocenters. The minimum Gasteiger partial charge on any atom is -0.398 e. The first-order chi connectivity index (χ1) is 8.93. The lowest BCUT2D eigenvalue weighted by atomic mass is 10.00. The number of halogens is 1. The minimum atomic E-state index is -0.202. The van der Waals surface area contributed by atoms with E-state index in [-0.39, 0.29) is 12.1 Å². The summed E-state index contributed by atoms with van der Waals surface area (Å²) in [6.45, 7) is 4.24. The summed E-state index contributed by atoms with van der Waals surface area (Å²) < 4.78 is 0.901. The second-order valence-corrected chi connectivity index (χ2v) is 6.15. The molecule has 2 rings (SSSR count). The van der Waals surface area contributed by atoms with E-state index in [1.807, 2.05) is 32.0 Å². The number of hydrogen-bond acceptors (Lipinski definition) is 4. The van der Waals surface area contributed by atoms with Crippen molar-refractivity contribution < 1.29 is 5.11 Å². The minimum absolute atomic E-state index is 0.145. The van der Waals surface area contributed by atoms with Gasteiger partial charge in [0, 0.05) is 33.9 Å². The van der Waals surface area contributed by atoms with Crippen LogP contribution in [0, 0.1) is 0 Å². The number of nitrogens with two attached hydrogens (primary N) is 1. The number of fused-ring (bicyclic) bond motifs is 1. The van der Waals surface area contributed by atoms with E-state index in [0.717, 1.165) is 21.1 Å². The zero-order chi connectivity index (χ0) is 14.0. The normalized spacial score (nSPS) is 11.8. The van der Waals surface area contributed by atoms with Gasteiger partial charge in [-0.25, -0.2) is 0 Å². The summed E-state index contributed by atoms with van der Waals surface area (Å²) >= 11 is 3.41. The molecule has 0 aliphatic rings. The third kappa shape index (κ3) is 3.16. The van der Waals surface area contributed by atoms with Crippen molar-refractivity contribution in [3.05, 3.63) is 28.9 Å². The van der Waals surface area contributed by atoms with Crippen LogP contribution in [-0.2, 0) is 0 Å². The second kappa shape index (κ2) is 5.35. The quantitative estimate of drug-likeness (QED) is 0.756. The third-order valence-corrected chi connectivity index (χ3v) is 3.49. The van der Waals surface area contributed by atoms with Crippen molar-refractivity contribution in [3.8, 4) is 0 Å². The summed E-state index contributed by atoms with van der Waals surface area (Å²) in [5, 5.41) is 13.4. The van der Waals surface area contributed by atoms with Crippen molar-refractivity contribution >= 4 is 38.2 Å². The molecule has 1 aromatic heterocycles. The Morgan fingerprint density at radius 1 is 1.42 bits per heavy atom. The van der Waals surface area contributed by atoms with Gasteiger partial charge in [-0.05, 0) is 54.4 Å². The van der Waals surface area contributed by atoms with E-state index in [0.29, 0.717) is 12.1 Å². The molecule has 0 saturated carbocycles. The highest BCUT2D eigenvalue weighted by molar-refractivity contribution is 9.10. The van der Waals surface area contributed by atoms with Crippen LogP contribution in [0.15, 0.2) is 28.9 Å². The Morgan fingerprint density at radius 3 is 2.84 bits per heavy atom. The summed E-state index contributed by atoms with van der Waals surface area (Å²) in [4.78, 5) is 4.43. The van der Waals surface area contributed by atoms with Crippen molar-refractivity contribution in [1.82, 2.24) is 4.98 Å². The molecule has 1 aromatic carbocycles. The molecule has 0 amide bonds. The van der Waals surface area contributed by atoms with Crippen molar-refractivity contribution in [2.24, 2.45) is 0 Å². The maximum Gasteiger partial charge on any atom is 0.0954 e. The Hall–Kier alpha value is -1.33. The number of nitrogen functional groups attached to an aromatic ring is 1. The first-order valence-corrected chi connectivity index (χ1v) is 6.95. The summed E-state index contributed by atoms with van der Waals surface area (Å²) in [6, 6.07) is 5.76. The molecule has 0 aliphatic carbocycles. The monoisotopic (exact) mass is 323 g/mol.